The van der Waals surface area contributed by atoms with Crippen molar-refractivity contribution in [1.82, 2.24) is 0 Å². The molecule has 3 N–H and O–H groups in total. The normalized spacial score (nSPS) is 15.3. The fourth-order valence-corrected chi connectivity index (χ4v) is 8.06. The molecule has 0 heterocycles. The Morgan fingerprint density at radius 3 is 0.828 bits per heavy atom. The summed E-state index contributed by atoms with van der Waals surface area (Å²) in [5, 5.41) is 34.7. The molecule has 5 heteroatoms. The van der Waals surface area contributed by atoms with Crippen LogP contribution in [0.2, 0.25) is 0 Å². The van der Waals surface area contributed by atoms with Gasteiger partial charge >= 0.3 is 0 Å². The number of aliphatic hydroxyl groups excluding tert-OH is 3. The van der Waals surface area contributed by atoms with Crippen molar-refractivity contribution < 1.29 is 24.8 Å². The number of aliphatic hydroxyl groups is 3. The predicted octanol–water partition coefficient (Wildman–Crippen LogP) is 10.3. The van der Waals surface area contributed by atoms with Gasteiger partial charge in [-0.25, -0.2) is 0 Å². The molecule has 0 fully saturated rings. The lowest BCUT2D eigenvalue weighted by Crippen LogP contribution is -2.40. The van der Waals surface area contributed by atoms with Gasteiger partial charge in [0.05, 0.1) is 31.5 Å². The second-order valence-electron chi connectivity index (χ2n) is 15.2. The molecule has 0 aromatic heterocycles. The molecule has 0 saturated heterocycles. The van der Waals surface area contributed by atoms with Crippen LogP contribution in [-0.2, 0) is 20.7 Å². The first-order valence-electron chi connectivity index (χ1n) is 20.2. The van der Waals surface area contributed by atoms with Gasteiger partial charge in [0.15, 0.2) is 0 Å². The van der Waals surface area contributed by atoms with Crippen molar-refractivity contribution >= 4 is 0 Å². The standard InChI is InChI=1S/C53H56O5/c1-39(35-37-57-52(43-23-11-5-12-24-43,44-25-13-6-14-26-44)45-27-15-7-16-28-45)49(54)41(3)51(56)42(4)50(55)40(2)36-38-58-53(46-29-17-8-18-30-46,47-31-19-9-20-32-47)48-33-21-10-22-34-48/h5-36,41-42,49-51,54-56H,37-38H2,1-4H3/b39-35-,40-36-/t41-,42+,49+,50-,51?. The fourth-order valence-electron chi connectivity index (χ4n) is 8.06. The summed E-state index contributed by atoms with van der Waals surface area (Å²) in [6.07, 6.45) is 0.832. The number of hydrogen-bond donors (Lipinski definition) is 3. The Kier molecular flexibility index (Phi) is 14.4. The second-order valence-corrected chi connectivity index (χ2v) is 15.2. The number of rotatable bonds is 18. The molecule has 5 nitrogen and oxygen atoms in total. The Balaban J connectivity index is 1.16. The van der Waals surface area contributed by atoms with E-state index in [1.807, 2.05) is 149 Å². The molecule has 0 bridgehead atoms. The first-order valence-corrected chi connectivity index (χ1v) is 20.2. The summed E-state index contributed by atoms with van der Waals surface area (Å²) in [6, 6.07) is 61.0. The summed E-state index contributed by atoms with van der Waals surface area (Å²) in [5.74, 6) is -1.15. The molecule has 0 aliphatic carbocycles. The monoisotopic (exact) mass is 772 g/mol. The third-order valence-electron chi connectivity index (χ3n) is 11.5. The van der Waals surface area contributed by atoms with E-state index >= 15 is 0 Å². The van der Waals surface area contributed by atoms with Crippen molar-refractivity contribution in [2.75, 3.05) is 13.2 Å². The summed E-state index contributed by atoms with van der Waals surface area (Å²) < 4.78 is 13.8. The number of ether oxygens (including phenoxy) is 2. The third kappa shape index (κ3) is 9.16. The van der Waals surface area contributed by atoms with Crippen molar-refractivity contribution in [3.63, 3.8) is 0 Å². The zero-order valence-corrected chi connectivity index (χ0v) is 33.9. The molecule has 0 amide bonds. The minimum atomic E-state index is -1.01. The average molecular weight is 773 g/mol. The molecular formula is C53H56O5. The van der Waals surface area contributed by atoms with E-state index in [-0.39, 0.29) is 13.2 Å². The molecule has 0 spiro atoms. The van der Waals surface area contributed by atoms with E-state index in [0.717, 1.165) is 33.4 Å². The van der Waals surface area contributed by atoms with E-state index in [1.54, 1.807) is 0 Å². The smallest absolute Gasteiger partial charge is 0.144 e. The van der Waals surface area contributed by atoms with Crippen LogP contribution in [0.5, 0.6) is 0 Å². The van der Waals surface area contributed by atoms with Crippen LogP contribution in [-0.4, -0.2) is 46.8 Å². The molecule has 298 valence electrons. The molecule has 6 aromatic carbocycles. The van der Waals surface area contributed by atoms with Gasteiger partial charge in [-0.1, -0.05) is 208 Å². The van der Waals surface area contributed by atoms with Gasteiger partial charge in [0.2, 0.25) is 0 Å². The third-order valence-corrected chi connectivity index (χ3v) is 11.5. The minimum absolute atomic E-state index is 0.209. The van der Waals surface area contributed by atoms with Gasteiger partial charge in [0.1, 0.15) is 11.2 Å². The van der Waals surface area contributed by atoms with Gasteiger partial charge in [-0.2, -0.15) is 0 Å². The molecule has 0 aliphatic rings. The lowest BCUT2D eigenvalue weighted by atomic mass is 9.80. The first kappa shape index (κ1) is 42.2. The van der Waals surface area contributed by atoms with Gasteiger partial charge in [-0.05, 0) is 58.4 Å². The van der Waals surface area contributed by atoms with Crippen LogP contribution in [0.4, 0.5) is 0 Å². The van der Waals surface area contributed by atoms with Gasteiger partial charge in [0.25, 0.3) is 0 Å². The maximum Gasteiger partial charge on any atom is 0.144 e. The minimum Gasteiger partial charge on any atom is -0.392 e. The summed E-state index contributed by atoms with van der Waals surface area (Å²) in [4.78, 5) is 0. The first-order chi connectivity index (χ1) is 28.2. The van der Waals surface area contributed by atoms with Crippen LogP contribution in [0.1, 0.15) is 61.1 Å². The molecule has 5 atom stereocenters. The summed E-state index contributed by atoms with van der Waals surface area (Å²) in [7, 11) is 0. The van der Waals surface area contributed by atoms with Crippen LogP contribution in [0.25, 0.3) is 0 Å². The largest absolute Gasteiger partial charge is 0.392 e. The Bertz CT molecular complexity index is 1820. The highest BCUT2D eigenvalue weighted by atomic mass is 16.5. The van der Waals surface area contributed by atoms with Gasteiger partial charge < -0.3 is 24.8 Å². The quantitative estimate of drug-likeness (QED) is 0.0599. The Morgan fingerprint density at radius 2 is 0.621 bits per heavy atom. The van der Waals surface area contributed by atoms with E-state index < -0.39 is 41.3 Å². The van der Waals surface area contributed by atoms with Crippen LogP contribution >= 0.6 is 0 Å². The molecule has 6 aromatic rings. The molecular weight excluding hydrogens is 717 g/mol. The molecule has 58 heavy (non-hydrogen) atoms. The SMILES string of the molecule is C/C(=C/COC(c1ccccc1)(c1ccccc1)c1ccccc1)[C@@H](O)[C@H](C)C(O)[C@H](C)[C@@H](O)/C(C)=C\COC(c1ccccc1)(c1ccccc1)c1ccccc1. The highest BCUT2D eigenvalue weighted by Gasteiger charge is 2.39. The van der Waals surface area contributed by atoms with Crippen LogP contribution < -0.4 is 0 Å². The number of hydrogen-bond acceptors (Lipinski definition) is 5. The van der Waals surface area contributed by atoms with E-state index in [4.69, 9.17) is 9.47 Å². The van der Waals surface area contributed by atoms with E-state index in [2.05, 4.69) is 72.8 Å². The van der Waals surface area contributed by atoms with Crippen LogP contribution in [0.3, 0.4) is 0 Å². The Morgan fingerprint density at radius 1 is 0.414 bits per heavy atom. The molecule has 0 saturated carbocycles. The average Bonchev–Trinajstić information content (AvgIpc) is 3.29. The maximum atomic E-state index is 11.6. The van der Waals surface area contributed by atoms with Crippen molar-refractivity contribution in [2.24, 2.45) is 11.8 Å². The van der Waals surface area contributed by atoms with Gasteiger partial charge in [-0.3, -0.25) is 0 Å². The Hall–Kier alpha value is -5.40. The molecule has 0 aliphatic heterocycles. The second kappa shape index (κ2) is 19.8. The van der Waals surface area contributed by atoms with E-state index in [1.165, 1.54) is 0 Å². The topological polar surface area (TPSA) is 79.2 Å². The van der Waals surface area contributed by atoms with Crippen molar-refractivity contribution in [2.45, 2.75) is 57.2 Å². The zero-order valence-electron chi connectivity index (χ0n) is 33.9. The lowest BCUT2D eigenvalue weighted by Gasteiger charge is -2.36. The summed E-state index contributed by atoms with van der Waals surface area (Å²) in [6.45, 7) is 7.76. The van der Waals surface area contributed by atoms with Gasteiger partial charge in [0, 0.05) is 11.8 Å². The van der Waals surface area contributed by atoms with Crippen molar-refractivity contribution in [1.29, 1.82) is 0 Å². The van der Waals surface area contributed by atoms with E-state index in [0.29, 0.717) is 11.1 Å². The maximum absolute atomic E-state index is 11.6. The highest BCUT2D eigenvalue weighted by Crippen LogP contribution is 2.42. The predicted molar refractivity (Wildman–Crippen MR) is 234 cm³/mol. The van der Waals surface area contributed by atoms with E-state index in [9.17, 15) is 15.3 Å². The van der Waals surface area contributed by atoms with Crippen molar-refractivity contribution in [3.05, 3.63) is 239 Å². The lowest BCUT2D eigenvalue weighted by molar-refractivity contribution is -0.0268. The zero-order chi connectivity index (χ0) is 41.0. The van der Waals surface area contributed by atoms with Gasteiger partial charge in [-0.15, -0.1) is 0 Å². The highest BCUT2D eigenvalue weighted by molar-refractivity contribution is 5.49. The van der Waals surface area contributed by atoms with Crippen molar-refractivity contribution in [3.8, 4) is 0 Å². The fraction of sp³-hybridized carbons (Fsp3) is 0.245. The summed E-state index contributed by atoms with van der Waals surface area (Å²) in [5.41, 5.74) is 5.51. The van der Waals surface area contributed by atoms with Crippen LogP contribution in [0.15, 0.2) is 205 Å². The number of benzene rings is 6. The molecule has 1 unspecified atom stereocenters. The molecule has 0 radical (unpaired) electrons. The van der Waals surface area contributed by atoms with Crippen LogP contribution in [0, 0.1) is 11.8 Å². The molecule has 6 rings (SSSR count). The Labute approximate surface area is 344 Å². The summed E-state index contributed by atoms with van der Waals surface area (Å²) >= 11 is 0.